The van der Waals surface area contributed by atoms with E-state index >= 15 is 0 Å². The molecule has 0 aliphatic heterocycles. The van der Waals surface area contributed by atoms with Crippen LogP contribution in [0.15, 0.2) is 30.5 Å². The van der Waals surface area contributed by atoms with Crippen LogP contribution in [0.2, 0.25) is 0 Å². The van der Waals surface area contributed by atoms with Crippen molar-refractivity contribution in [1.29, 1.82) is 0 Å². The maximum absolute atomic E-state index is 9.33. The van der Waals surface area contributed by atoms with Gasteiger partial charge in [-0.05, 0) is 51.5 Å². The molecule has 0 bridgehead atoms. The Bertz CT molecular complexity index is 514. The first kappa shape index (κ1) is 13.0. The van der Waals surface area contributed by atoms with Crippen molar-refractivity contribution < 1.29 is 9.84 Å². The lowest BCUT2D eigenvalue weighted by Gasteiger charge is -2.10. The third-order valence-corrected chi connectivity index (χ3v) is 2.90. The lowest BCUT2D eigenvalue weighted by Crippen LogP contribution is -2.06. The molecule has 1 heterocycles. The molecule has 2 aromatic rings. The minimum absolute atomic E-state index is 0.194. The quantitative estimate of drug-likeness (QED) is 0.880. The molecule has 0 saturated heterocycles. The highest BCUT2D eigenvalue weighted by atomic mass is 16.5. The first-order valence-electron chi connectivity index (χ1n) is 6.50. The van der Waals surface area contributed by atoms with Gasteiger partial charge in [-0.2, -0.15) is 0 Å². The molecule has 2 rings (SSSR count). The highest BCUT2D eigenvalue weighted by molar-refractivity contribution is 5.81. The fourth-order valence-corrected chi connectivity index (χ4v) is 2.04. The van der Waals surface area contributed by atoms with E-state index in [1.807, 2.05) is 26.8 Å². The van der Waals surface area contributed by atoms with E-state index in [4.69, 9.17) is 4.74 Å². The van der Waals surface area contributed by atoms with E-state index in [0.29, 0.717) is 0 Å². The molecule has 3 heteroatoms. The van der Waals surface area contributed by atoms with Crippen LogP contribution in [-0.2, 0) is 6.54 Å². The Kier molecular flexibility index (Phi) is 3.92. The Morgan fingerprint density at radius 1 is 1.22 bits per heavy atom. The zero-order valence-corrected chi connectivity index (χ0v) is 11.3. The number of aryl methyl sites for hydroxylation is 1. The molecule has 1 unspecified atom stereocenters. The van der Waals surface area contributed by atoms with Gasteiger partial charge in [0.1, 0.15) is 5.75 Å². The largest absolute Gasteiger partial charge is 0.491 e. The molecule has 0 aliphatic rings. The van der Waals surface area contributed by atoms with Gasteiger partial charge in [0.15, 0.2) is 0 Å². The van der Waals surface area contributed by atoms with E-state index in [0.717, 1.165) is 18.7 Å². The zero-order chi connectivity index (χ0) is 13.1. The predicted octanol–water partition coefficient (Wildman–Crippen LogP) is 3.20. The number of hydrogen-bond donors (Lipinski definition) is 1. The maximum atomic E-state index is 9.33. The molecule has 1 atom stereocenters. The van der Waals surface area contributed by atoms with Crippen molar-refractivity contribution in [2.45, 2.75) is 45.9 Å². The Morgan fingerprint density at radius 3 is 2.67 bits per heavy atom. The average molecular weight is 247 g/mol. The van der Waals surface area contributed by atoms with Crippen LogP contribution in [0.25, 0.3) is 10.9 Å². The highest BCUT2D eigenvalue weighted by Crippen LogP contribution is 2.23. The van der Waals surface area contributed by atoms with Crippen molar-refractivity contribution in [3.63, 3.8) is 0 Å². The number of fused-ring (bicyclic) bond motifs is 1. The standard InChI is InChI=1S/C15H21NO2/c1-11(2)18-14-4-5-15-13(10-14)7-9-16(15)8-6-12(3)17/h4-5,7,9-12,17H,6,8H2,1-3H3. The first-order chi connectivity index (χ1) is 8.56. The normalized spacial score (nSPS) is 13.2. The summed E-state index contributed by atoms with van der Waals surface area (Å²) >= 11 is 0. The molecule has 0 saturated carbocycles. The Labute approximate surface area is 108 Å². The molecule has 0 fully saturated rings. The Morgan fingerprint density at radius 2 is 2.00 bits per heavy atom. The summed E-state index contributed by atoms with van der Waals surface area (Å²) in [7, 11) is 0. The monoisotopic (exact) mass is 247 g/mol. The third kappa shape index (κ3) is 3.05. The minimum atomic E-state index is -0.258. The van der Waals surface area contributed by atoms with Crippen LogP contribution in [0.5, 0.6) is 5.75 Å². The molecular formula is C15H21NO2. The minimum Gasteiger partial charge on any atom is -0.491 e. The molecule has 0 radical (unpaired) electrons. The summed E-state index contributed by atoms with van der Waals surface area (Å²) in [5.41, 5.74) is 1.19. The van der Waals surface area contributed by atoms with Crippen LogP contribution in [0.3, 0.4) is 0 Å². The van der Waals surface area contributed by atoms with Crippen molar-refractivity contribution in [2.24, 2.45) is 0 Å². The van der Waals surface area contributed by atoms with Gasteiger partial charge in [-0.25, -0.2) is 0 Å². The number of nitrogens with zero attached hydrogens (tertiary/aromatic N) is 1. The van der Waals surface area contributed by atoms with E-state index in [-0.39, 0.29) is 12.2 Å². The number of aliphatic hydroxyl groups is 1. The van der Waals surface area contributed by atoms with Crippen LogP contribution in [0.4, 0.5) is 0 Å². The second-order valence-corrected chi connectivity index (χ2v) is 5.03. The average Bonchev–Trinajstić information content (AvgIpc) is 2.68. The summed E-state index contributed by atoms with van der Waals surface area (Å²) in [4.78, 5) is 0. The smallest absolute Gasteiger partial charge is 0.120 e. The van der Waals surface area contributed by atoms with Gasteiger partial charge in [0.25, 0.3) is 0 Å². The van der Waals surface area contributed by atoms with Gasteiger partial charge in [-0.15, -0.1) is 0 Å². The van der Waals surface area contributed by atoms with Crippen molar-refractivity contribution in [2.75, 3.05) is 0 Å². The number of aromatic nitrogens is 1. The van der Waals surface area contributed by atoms with E-state index in [1.54, 1.807) is 0 Å². The van der Waals surface area contributed by atoms with Gasteiger partial charge >= 0.3 is 0 Å². The number of aliphatic hydroxyl groups excluding tert-OH is 1. The van der Waals surface area contributed by atoms with Crippen molar-refractivity contribution in [3.05, 3.63) is 30.5 Å². The summed E-state index contributed by atoms with van der Waals surface area (Å²) in [6, 6.07) is 8.23. The van der Waals surface area contributed by atoms with Crippen molar-refractivity contribution >= 4 is 10.9 Å². The van der Waals surface area contributed by atoms with Gasteiger partial charge in [0, 0.05) is 23.6 Å². The van der Waals surface area contributed by atoms with Gasteiger partial charge in [-0.3, -0.25) is 0 Å². The van der Waals surface area contributed by atoms with Crippen molar-refractivity contribution in [3.8, 4) is 5.75 Å². The molecular weight excluding hydrogens is 226 g/mol. The molecule has 1 aromatic heterocycles. The number of benzene rings is 1. The molecule has 1 N–H and O–H groups in total. The van der Waals surface area contributed by atoms with E-state index < -0.39 is 0 Å². The van der Waals surface area contributed by atoms with Crippen LogP contribution < -0.4 is 4.74 Å². The maximum Gasteiger partial charge on any atom is 0.120 e. The highest BCUT2D eigenvalue weighted by Gasteiger charge is 2.05. The lowest BCUT2D eigenvalue weighted by molar-refractivity contribution is 0.178. The van der Waals surface area contributed by atoms with Crippen molar-refractivity contribution in [1.82, 2.24) is 4.57 Å². The number of hydrogen-bond acceptors (Lipinski definition) is 2. The second kappa shape index (κ2) is 5.44. The topological polar surface area (TPSA) is 34.4 Å². The second-order valence-electron chi connectivity index (χ2n) is 5.03. The summed E-state index contributed by atoms with van der Waals surface area (Å²) in [6.45, 7) is 6.71. The molecule has 0 amide bonds. The lowest BCUT2D eigenvalue weighted by atomic mass is 10.2. The summed E-state index contributed by atoms with van der Waals surface area (Å²) < 4.78 is 7.85. The first-order valence-corrected chi connectivity index (χ1v) is 6.50. The Hall–Kier alpha value is -1.48. The summed E-state index contributed by atoms with van der Waals surface area (Å²) in [6.07, 6.45) is 2.77. The molecule has 98 valence electrons. The van der Waals surface area contributed by atoms with Crippen LogP contribution in [0.1, 0.15) is 27.2 Å². The van der Waals surface area contributed by atoms with E-state index in [2.05, 4.69) is 29.0 Å². The van der Waals surface area contributed by atoms with Gasteiger partial charge in [0.05, 0.1) is 12.2 Å². The summed E-state index contributed by atoms with van der Waals surface area (Å²) in [5.74, 6) is 0.908. The zero-order valence-electron chi connectivity index (χ0n) is 11.3. The van der Waals surface area contributed by atoms with E-state index in [1.165, 1.54) is 10.9 Å². The van der Waals surface area contributed by atoms with Gasteiger partial charge in [-0.1, -0.05) is 0 Å². The predicted molar refractivity (Wildman–Crippen MR) is 74.0 cm³/mol. The molecule has 18 heavy (non-hydrogen) atoms. The van der Waals surface area contributed by atoms with Gasteiger partial charge < -0.3 is 14.4 Å². The molecule has 1 aromatic carbocycles. The van der Waals surface area contributed by atoms with Crippen LogP contribution in [-0.4, -0.2) is 21.9 Å². The number of ether oxygens (including phenoxy) is 1. The number of rotatable bonds is 5. The van der Waals surface area contributed by atoms with Crippen LogP contribution >= 0.6 is 0 Å². The third-order valence-electron chi connectivity index (χ3n) is 2.90. The fourth-order valence-electron chi connectivity index (χ4n) is 2.04. The van der Waals surface area contributed by atoms with Gasteiger partial charge in [0.2, 0.25) is 0 Å². The van der Waals surface area contributed by atoms with Crippen LogP contribution in [0, 0.1) is 0 Å². The molecule has 0 spiro atoms. The SMILES string of the molecule is CC(O)CCn1ccc2cc(OC(C)C)ccc21. The Balaban J connectivity index is 2.20. The molecule has 0 aliphatic carbocycles. The molecule has 3 nitrogen and oxygen atoms in total. The summed E-state index contributed by atoms with van der Waals surface area (Å²) in [5, 5.41) is 10.5. The fraction of sp³-hybridized carbons (Fsp3) is 0.467. The van der Waals surface area contributed by atoms with E-state index in [9.17, 15) is 5.11 Å².